The molecule has 0 fully saturated rings. The fourth-order valence-corrected chi connectivity index (χ4v) is 4.38. The van der Waals surface area contributed by atoms with E-state index < -0.39 is 5.56 Å². The zero-order valence-corrected chi connectivity index (χ0v) is 18.9. The Morgan fingerprint density at radius 3 is 2.38 bits per heavy atom. The molecular formula is C24H21N3O4S. The molecule has 162 valence electrons. The van der Waals surface area contributed by atoms with Crippen molar-refractivity contribution in [2.45, 2.75) is 34.1 Å². The quantitative estimate of drug-likeness (QED) is 0.353. The second kappa shape index (κ2) is 8.47. The molecule has 0 spiro atoms. The monoisotopic (exact) mass is 447 g/mol. The van der Waals surface area contributed by atoms with E-state index in [1.807, 2.05) is 57.2 Å². The lowest BCUT2D eigenvalue weighted by molar-refractivity contribution is -0.131. The number of hydrogen-bond acceptors (Lipinski definition) is 7. The highest BCUT2D eigenvalue weighted by molar-refractivity contribution is 7.15. The summed E-state index contributed by atoms with van der Waals surface area (Å²) in [6, 6.07) is 11.5. The molecule has 0 saturated carbocycles. The number of benzene rings is 2. The number of aromatic nitrogens is 3. The molecule has 0 aliphatic rings. The maximum atomic E-state index is 12.9. The summed E-state index contributed by atoms with van der Waals surface area (Å²) in [5.41, 5.74) is 3.86. The number of fused-ring (bicyclic) bond motifs is 1. The Balaban J connectivity index is 1.76. The van der Waals surface area contributed by atoms with Crippen LogP contribution in [0.5, 0.6) is 5.75 Å². The van der Waals surface area contributed by atoms with Crippen molar-refractivity contribution in [2.24, 2.45) is 0 Å². The van der Waals surface area contributed by atoms with Crippen LogP contribution in [0, 0.1) is 20.8 Å². The first kappa shape index (κ1) is 21.6. The smallest absolute Gasteiger partial charge is 0.308 e. The third kappa shape index (κ3) is 4.36. The Bertz CT molecular complexity index is 1500. The first-order valence-electron chi connectivity index (χ1n) is 10.0. The van der Waals surface area contributed by atoms with Crippen LogP contribution in [0.25, 0.3) is 11.0 Å². The molecule has 0 saturated heterocycles. The molecule has 32 heavy (non-hydrogen) atoms. The maximum Gasteiger partial charge on any atom is 0.308 e. The van der Waals surface area contributed by atoms with Crippen LogP contribution < -0.4 is 20.4 Å². The number of carbonyl (C=O) groups is 1. The predicted octanol–water partition coefficient (Wildman–Crippen LogP) is 2.50. The largest absolute Gasteiger partial charge is 0.426 e. The lowest BCUT2D eigenvalue weighted by Crippen LogP contribution is -2.28. The fraction of sp³-hybridized carbons (Fsp3) is 0.208. The van der Waals surface area contributed by atoms with Gasteiger partial charge in [0.25, 0.3) is 11.1 Å². The summed E-state index contributed by atoms with van der Waals surface area (Å²) in [6.07, 6.45) is 2.03. The second-order valence-electron chi connectivity index (χ2n) is 7.71. The topological polar surface area (TPSA) is 90.6 Å². The summed E-state index contributed by atoms with van der Waals surface area (Å²) < 4.78 is 6.87. The molecule has 0 unspecified atom stereocenters. The average Bonchev–Trinajstić information content (AvgIpc) is 3.01. The van der Waals surface area contributed by atoms with Gasteiger partial charge in [-0.3, -0.25) is 14.4 Å². The van der Waals surface area contributed by atoms with Crippen molar-refractivity contribution in [2.75, 3.05) is 0 Å². The van der Waals surface area contributed by atoms with E-state index in [2.05, 4.69) is 10.1 Å². The van der Waals surface area contributed by atoms with Crippen LogP contribution in [0.2, 0.25) is 0 Å². The van der Waals surface area contributed by atoms with Crippen molar-refractivity contribution in [3.8, 4) is 5.75 Å². The van der Waals surface area contributed by atoms with Gasteiger partial charge >= 0.3 is 5.97 Å². The molecule has 4 aromatic rings. The van der Waals surface area contributed by atoms with Crippen LogP contribution in [0.1, 0.15) is 40.4 Å². The number of esters is 1. The first-order chi connectivity index (χ1) is 15.2. The molecule has 0 aliphatic heterocycles. The van der Waals surface area contributed by atoms with Gasteiger partial charge in [0.1, 0.15) is 11.4 Å². The van der Waals surface area contributed by atoms with Crippen LogP contribution in [-0.4, -0.2) is 20.6 Å². The molecule has 7 nitrogen and oxygen atoms in total. The van der Waals surface area contributed by atoms with Gasteiger partial charge in [0.2, 0.25) is 4.96 Å². The molecule has 0 atom stereocenters. The summed E-state index contributed by atoms with van der Waals surface area (Å²) in [4.78, 5) is 41.1. The van der Waals surface area contributed by atoms with Crippen molar-refractivity contribution in [3.63, 3.8) is 0 Å². The number of carbonyl (C=O) groups excluding carboxylic acids is 1. The number of aryl methyl sites for hydroxylation is 3. The zero-order chi connectivity index (χ0) is 23.0. The van der Waals surface area contributed by atoms with Crippen molar-refractivity contribution in [1.29, 1.82) is 0 Å². The molecule has 0 radical (unpaired) electrons. The van der Waals surface area contributed by atoms with Gasteiger partial charge in [-0.15, -0.1) is 0 Å². The lowest BCUT2D eigenvalue weighted by atomic mass is 10.1. The SMILES string of the molecule is CC(=O)Oc1c(C)cc(/C=c2\sc3nc(=O)c(Cc4ccc(C)cc4)nn3c2=O)cc1C. The Labute approximate surface area is 187 Å². The zero-order valence-electron chi connectivity index (χ0n) is 18.1. The van der Waals surface area contributed by atoms with E-state index in [-0.39, 0.29) is 22.2 Å². The van der Waals surface area contributed by atoms with E-state index in [1.165, 1.54) is 11.4 Å². The maximum absolute atomic E-state index is 12.9. The van der Waals surface area contributed by atoms with Gasteiger partial charge in [0.05, 0.1) is 4.53 Å². The van der Waals surface area contributed by atoms with Crippen LogP contribution in [0.4, 0.5) is 0 Å². The Morgan fingerprint density at radius 1 is 1.09 bits per heavy atom. The highest BCUT2D eigenvalue weighted by atomic mass is 32.1. The Hall–Kier alpha value is -3.65. The third-order valence-corrected chi connectivity index (χ3v) is 5.93. The highest BCUT2D eigenvalue weighted by Crippen LogP contribution is 2.25. The minimum absolute atomic E-state index is 0.227. The minimum atomic E-state index is -0.434. The summed E-state index contributed by atoms with van der Waals surface area (Å²) in [5, 5.41) is 4.30. The Morgan fingerprint density at radius 2 is 1.75 bits per heavy atom. The van der Waals surface area contributed by atoms with Crippen molar-refractivity contribution in [3.05, 3.63) is 95.1 Å². The van der Waals surface area contributed by atoms with Gasteiger partial charge in [0.15, 0.2) is 0 Å². The molecule has 2 aromatic heterocycles. The second-order valence-corrected chi connectivity index (χ2v) is 8.72. The fourth-order valence-electron chi connectivity index (χ4n) is 3.47. The summed E-state index contributed by atoms with van der Waals surface area (Å²) in [7, 11) is 0. The molecule has 8 heteroatoms. The normalized spacial score (nSPS) is 11.8. The van der Waals surface area contributed by atoms with Gasteiger partial charge in [-0.25, -0.2) is 0 Å². The third-order valence-electron chi connectivity index (χ3n) is 4.97. The average molecular weight is 448 g/mol. The van der Waals surface area contributed by atoms with Crippen molar-refractivity contribution in [1.82, 2.24) is 14.6 Å². The van der Waals surface area contributed by atoms with E-state index in [1.54, 1.807) is 6.08 Å². The van der Waals surface area contributed by atoms with Crippen LogP contribution >= 0.6 is 11.3 Å². The summed E-state index contributed by atoms with van der Waals surface area (Å²) >= 11 is 1.11. The van der Waals surface area contributed by atoms with Crippen molar-refractivity contribution < 1.29 is 9.53 Å². The minimum Gasteiger partial charge on any atom is -0.426 e. The summed E-state index contributed by atoms with van der Waals surface area (Å²) in [5.74, 6) is 0.130. The van der Waals surface area contributed by atoms with E-state index in [4.69, 9.17) is 4.74 Å². The first-order valence-corrected chi connectivity index (χ1v) is 10.8. The molecule has 2 aromatic carbocycles. The van der Waals surface area contributed by atoms with Gasteiger partial charge in [-0.05, 0) is 61.2 Å². The number of hydrogen-bond donors (Lipinski definition) is 0. The predicted molar refractivity (Wildman–Crippen MR) is 123 cm³/mol. The van der Waals surface area contributed by atoms with Gasteiger partial charge in [0, 0.05) is 13.3 Å². The molecule has 0 amide bonds. The van der Waals surface area contributed by atoms with Gasteiger partial charge in [-0.2, -0.15) is 14.6 Å². The van der Waals surface area contributed by atoms with Gasteiger partial charge < -0.3 is 4.74 Å². The van der Waals surface area contributed by atoms with E-state index in [0.717, 1.165) is 39.2 Å². The van der Waals surface area contributed by atoms with Gasteiger partial charge in [-0.1, -0.05) is 41.2 Å². The number of ether oxygens (including phenoxy) is 1. The molecular weight excluding hydrogens is 426 g/mol. The van der Waals surface area contributed by atoms with Crippen LogP contribution in [0.3, 0.4) is 0 Å². The highest BCUT2D eigenvalue weighted by Gasteiger charge is 2.13. The number of thiazole rings is 1. The molecule has 4 rings (SSSR count). The molecule has 0 aliphatic carbocycles. The number of nitrogens with zero attached hydrogens (tertiary/aromatic N) is 3. The van der Waals surface area contributed by atoms with E-state index in [9.17, 15) is 14.4 Å². The van der Waals surface area contributed by atoms with E-state index >= 15 is 0 Å². The molecule has 2 heterocycles. The standard InChI is InChI=1S/C24H21N3O4S/c1-13-5-7-17(8-6-13)11-19-22(29)25-24-27(26-19)23(30)20(32-24)12-18-9-14(2)21(15(3)10-18)31-16(4)28/h5-10,12H,11H2,1-4H3/b20-12-. The molecule has 0 bridgehead atoms. The lowest BCUT2D eigenvalue weighted by Gasteiger charge is -2.10. The van der Waals surface area contributed by atoms with Crippen LogP contribution in [-0.2, 0) is 11.2 Å². The summed E-state index contributed by atoms with van der Waals surface area (Å²) in [6.45, 7) is 7.02. The van der Waals surface area contributed by atoms with Crippen LogP contribution in [0.15, 0.2) is 46.0 Å². The van der Waals surface area contributed by atoms with E-state index in [0.29, 0.717) is 16.7 Å². The molecule has 0 N–H and O–H groups in total. The Kier molecular flexibility index (Phi) is 5.71. The van der Waals surface area contributed by atoms with Crippen molar-refractivity contribution >= 4 is 28.3 Å². The number of rotatable bonds is 4.